The van der Waals surface area contributed by atoms with Gasteiger partial charge in [-0.3, -0.25) is 4.31 Å². The standard InChI is InChI=1S/C29H28FNO6S2/c1-38-15-3-14-31(39(2,34)35)25-17-26-24(16-23(25)18-4-5-18)27(29(32)33)28(37-26)19-6-10-21(11-7-19)36-22-12-8-20(30)9-13-22/h6-13,16-18H,3-5,14-15H2,1-2H3,(H,32,33). The molecule has 1 N–H and O–H groups in total. The molecule has 1 aliphatic rings. The van der Waals surface area contributed by atoms with Crippen LogP contribution in [0.5, 0.6) is 11.5 Å². The summed E-state index contributed by atoms with van der Waals surface area (Å²) in [5.74, 6) is 0.635. The van der Waals surface area contributed by atoms with E-state index in [0.717, 1.165) is 24.2 Å². The van der Waals surface area contributed by atoms with Crippen molar-refractivity contribution in [1.82, 2.24) is 0 Å². The van der Waals surface area contributed by atoms with Gasteiger partial charge in [0.2, 0.25) is 10.0 Å². The molecule has 1 saturated carbocycles. The fraction of sp³-hybridized carbons (Fsp3) is 0.276. The van der Waals surface area contributed by atoms with Crippen molar-refractivity contribution in [1.29, 1.82) is 0 Å². The molecule has 0 atom stereocenters. The number of hydrogen-bond acceptors (Lipinski definition) is 6. The van der Waals surface area contributed by atoms with Gasteiger partial charge in [0.1, 0.15) is 34.2 Å². The lowest BCUT2D eigenvalue weighted by molar-refractivity contribution is 0.0699. The first kappa shape index (κ1) is 27.1. The zero-order valence-corrected chi connectivity index (χ0v) is 23.1. The lowest BCUT2D eigenvalue weighted by atomic mass is 10.0. The molecule has 10 heteroatoms. The van der Waals surface area contributed by atoms with Crippen LogP contribution in [0.1, 0.15) is 41.1 Å². The predicted molar refractivity (Wildman–Crippen MR) is 152 cm³/mol. The maximum Gasteiger partial charge on any atom is 0.340 e. The molecule has 1 aliphatic carbocycles. The number of rotatable bonds is 11. The molecule has 0 saturated heterocycles. The molecular weight excluding hydrogens is 541 g/mol. The van der Waals surface area contributed by atoms with Crippen LogP contribution >= 0.6 is 11.8 Å². The van der Waals surface area contributed by atoms with Crippen LogP contribution in [0.15, 0.2) is 65.1 Å². The number of ether oxygens (including phenoxy) is 1. The Morgan fingerprint density at radius 2 is 1.74 bits per heavy atom. The van der Waals surface area contributed by atoms with Gasteiger partial charge in [0.25, 0.3) is 0 Å². The van der Waals surface area contributed by atoms with Crippen LogP contribution < -0.4 is 9.04 Å². The zero-order chi connectivity index (χ0) is 27.7. The van der Waals surface area contributed by atoms with Gasteiger partial charge < -0.3 is 14.3 Å². The molecule has 204 valence electrons. The van der Waals surface area contributed by atoms with Crippen molar-refractivity contribution in [2.75, 3.05) is 29.1 Å². The third-order valence-corrected chi connectivity index (χ3v) is 8.49. The molecule has 4 aromatic rings. The number of nitrogens with zero attached hydrogens (tertiary/aromatic N) is 1. The van der Waals surface area contributed by atoms with Gasteiger partial charge in [0.05, 0.1) is 11.9 Å². The molecule has 5 rings (SSSR count). The van der Waals surface area contributed by atoms with Crippen molar-refractivity contribution in [2.24, 2.45) is 0 Å². The SMILES string of the molecule is CSCCCN(c1cc2oc(-c3ccc(Oc4ccc(F)cc4)cc3)c(C(=O)O)c2cc1C1CC1)S(C)(=O)=O. The van der Waals surface area contributed by atoms with E-state index in [1.54, 1.807) is 48.2 Å². The van der Waals surface area contributed by atoms with E-state index in [2.05, 4.69) is 0 Å². The molecule has 1 fully saturated rings. The number of sulfonamides is 1. The van der Waals surface area contributed by atoms with Gasteiger partial charge in [-0.15, -0.1) is 0 Å². The molecule has 1 heterocycles. The average molecular weight is 570 g/mol. The van der Waals surface area contributed by atoms with Gasteiger partial charge in [-0.05, 0) is 97.3 Å². The Balaban J connectivity index is 1.56. The number of benzene rings is 3. The normalized spacial score (nSPS) is 13.5. The van der Waals surface area contributed by atoms with Gasteiger partial charge in [-0.2, -0.15) is 11.8 Å². The number of carbonyl (C=O) groups is 1. The first-order valence-electron chi connectivity index (χ1n) is 12.5. The van der Waals surface area contributed by atoms with E-state index in [4.69, 9.17) is 9.15 Å². The minimum Gasteiger partial charge on any atom is -0.478 e. The van der Waals surface area contributed by atoms with Crippen molar-refractivity contribution in [3.05, 3.63) is 77.6 Å². The predicted octanol–water partition coefficient (Wildman–Crippen LogP) is 7.13. The second-order valence-electron chi connectivity index (χ2n) is 9.55. The minimum atomic E-state index is -3.57. The van der Waals surface area contributed by atoms with Crippen molar-refractivity contribution in [3.8, 4) is 22.8 Å². The summed E-state index contributed by atoms with van der Waals surface area (Å²) >= 11 is 1.65. The molecular formula is C29H28FNO6S2. The molecule has 0 amide bonds. The van der Waals surface area contributed by atoms with E-state index < -0.39 is 16.0 Å². The van der Waals surface area contributed by atoms with Crippen LogP contribution in [0.25, 0.3) is 22.3 Å². The fourth-order valence-electron chi connectivity index (χ4n) is 4.63. The largest absolute Gasteiger partial charge is 0.478 e. The third-order valence-electron chi connectivity index (χ3n) is 6.61. The van der Waals surface area contributed by atoms with Gasteiger partial charge in [0, 0.05) is 23.6 Å². The summed E-state index contributed by atoms with van der Waals surface area (Å²) in [4.78, 5) is 12.4. The van der Waals surface area contributed by atoms with Crippen LogP contribution in [0, 0.1) is 5.82 Å². The molecule has 0 aliphatic heterocycles. The summed E-state index contributed by atoms with van der Waals surface area (Å²) in [7, 11) is -3.57. The van der Waals surface area contributed by atoms with E-state index >= 15 is 0 Å². The number of halogens is 1. The lowest BCUT2D eigenvalue weighted by Gasteiger charge is -2.25. The topological polar surface area (TPSA) is 97.1 Å². The monoisotopic (exact) mass is 569 g/mol. The number of hydrogen-bond donors (Lipinski definition) is 1. The van der Waals surface area contributed by atoms with Crippen LogP contribution in [0.2, 0.25) is 0 Å². The van der Waals surface area contributed by atoms with Crippen LogP contribution in [-0.4, -0.2) is 44.3 Å². The first-order chi connectivity index (χ1) is 18.7. The Kier molecular flexibility index (Phi) is 7.59. The number of thioether (sulfide) groups is 1. The Bertz CT molecular complexity index is 1610. The second-order valence-corrected chi connectivity index (χ2v) is 12.4. The Morgan fingerprint density at radius 1 is 1.10 bits per heavy atom. The van der Waals surface area contributed by atoms with Crippen molar-refractivity contribution >= 4 is 44.4 Å². The maximum absolute atomic E-state index is 13.2. The maximum atomic E-state index is 13.2. The Labute approximate surface area is 230 Å². The summed E-state index contributed by atoms with van der Waals surface area (Å²) in [5, 5.41) is 10.6. The number of carboxylic acid groups (broad SMARTS) is 1. The molecule has 0 radical (unpaired) electrons. The van der Waals surface area contributed by atoms with Crippen LogP contribution in [0.3, 0.4) is 0 Å². The second kappa shape index (κ2) is 10.9. The van der Waals surface area contributed by atoms with E-state index in [1.165, 1.54) is 34.8 Å². The van der Waals surface area contributed by atoms with Gasteiger partial charge in [-0.25, -0.2) is 17.6 Å². The number of aromatic carboxylic acids is 1. The summed E-state index contributed by atoms with van der Waals surface area (Å²) in [6.07, 6.45) is 5.70. The highest BCUT2D eigenvalue weighted by molar-refractivity contribution is 7.98. The van der Waals surface area contributed by atoms with Crippen LogP contribution in [0.4, 0.5) is 10.1 Å². The third kappa shape index (κ3) is 5.91. The highest BCUT2D eigenvalue weighted by Crippen LogP contribution is 2.48. The zero-order valence-electron chi connectivity index (χ0n) is 21.5. The minimum absolute atomic E-state index is 0.0268. The van der Waals surface area contributed by atoms with Crippen molar-refractivity contribution in [3.63, 3.8) is 0 Å². The van der Waals surface area contributed by atoms with E-state index in [1.807, 2.05) is 6.26 Å². The molecule has 0 spiro atoms. The summed E-state index contributed by atoms with van der Waals surface area (Å²) < 4.78 is 52.1. The smallest absolute Gasteiger partial charge is 0.340 e. The molecule has 3 aromatic carbocycles. The van der Waals surface area contributed by atoms with Crippen molar-refractivity contribution in [2.45, 2.75) is 25.2 Å². The van der Waals surface area contributed by atoms with Gasteiger partial charge in [0.15, 0.2) is 0 Å². The highest BCUT2D eigenvalue weighted by Gasteiger charge is 2.33. The fourth-order valence-corrected chi connectivity index (χ4v) is 6.03. The highest BCUT2D eigenvalue weighted by atomic mass is 32.2. The van der Waals surface area contributed by atoms with E-state index in [9.17, 15) is 22.7 Å². The van der Waals surface area contributed by atoms with Gasteiger partial charge >= 0.3 is 5.97 Å². The van der Waals surface area contributed by atoms with Crippen LogP contribution in [-0.2, 0) is 10.0 Å². The summed E-state index contributed by atoms with van der Waals surface area (Å²) in [6.45, 7) is 0.333. The Hall–Kier alpha value is -3.50. The van der Waals surface area contributed by atoms with E-state index in [0.29, 0.717) is 46.7 Å². The average Bonchev–Trinajstić information content (AvgIpc) is 3.67. The lowest BCUT2D eigenvalue weighted by Crippen LogP contribution is -2.32. The molecule has 0 bridgehead atoms. The van der Waals surface area contributed by atoms with Crippen molar-refractivity contribution < 1.29 is 31.9 Å². The number of anilines is 1. The molecule has 39 heavy (non-hydrogen) atoms. The van der Waals surface area contributed by atoms with Gasteiger partial charge in [-0.1, -0.05) is 0 Å². The number of fused-ring (bicyclic) bond motifs is 1. The summed E-state index contributed by atoms with van der Waals surface area (Å²) in [6, 6.07) is 15.8. The molecule has 0 unspecified atom stereocenters. The van der Waals surface area contributed by atoms with E-state index in [-0.39, 0.29) is 23.1 Å². The number of furan rings is 1. The first-order valence-corrected chi connectivity index (χ1v) is 15.7. The summed E-state index contributed by atoms with van der Waals surface area (Å²) in [5.41, 5.74) is 2.25. The molecule has 1 aromatic heterocycles. The molecule has 7 nitrogen and oxygen atoms in total. The quantitative estimate of drug-likeness (QED) is 0.192. The number of carboxylic acids is 1. The Morgan fingerprint density at radius 3 is 2.31 bits per heavy atom.